The van der Waals surface area contributed by atoms with Gasteiger partial charge in [0, 0.05) is 11.6 Å². The third kappa shape index (κ3) is 2.88. The fourth-order valence-corrected chi connectivity index (χ4v) is 6.88. The van der Waals surface area contributed by atoms with E-state index < -0.39 is 17.4 Å². The Bertz CT molecular complexity index is 1710. The van der Waals surface area contributed by atoms with E-state index >= 15 is 0 Å². The highest BCUT2D eigenvalue weighted by Gasteiger charge is 2.69. The number of para-hydroxylation sites is 2. The van der Waals surface area contributed by atoms with E-state index in [9.17, 15) is 14.4 Å². The molecule has 3 aliphatic rings. The number of carbonyl (C=O) groups excluding carboxylic acids is 2. The molecule has 7 heteroatoms. The summed E-state index contributed by atoms with van der Waals surface area (Å²) in [5.74, 6) is -0.984. The molecule has 4 aromatic rings. The van der Waals surface area contributed by atoms with Crippen LogP contribution in [0.1, 0.15) is 37.2 Å². The second-order valence-corrected chi connectivity index (χ2v) is 11.1. The van der Waals surface area contributed by atoms with Crippen molar-refractivity contribution in [2.45, 2.75) is 38.8 Å². The number of anilines is 1. The Morgan fingerprint density at radius 3 is 2.39 bits per heavy atom. The summed E-state index contributed by atoms with van der Waals surface area (Å²) in [5, 5.41) is 4.28. The fourth-order valence-electron chi connectivity index (χ4n) is 6.88. The smallest absolute Gasteiger partial charge is 0.266 e. The molecule has 0 radical (unpaired) electrons. The Labute approximate surface area is 220 Å². The second-order valence-electron chi connectivity index (χ2n) is 11.1. The van der Waals surface area contributed by atoms with Gasteiger partial charge in [0.2, 0.25) is 11.8 Å². The SMILES string of the molecule is Cc1ccc(N2C(=O)C3C(CC(C)C)NC4(c5ccccc5-n5c4nc4ccccc4c5=O)C3C2=O)cc1. The van der Waals surface area contributed by atoms with Crippen LogP contribution in [0.4, 0.5) is 5.69 Å². The Balaban J connectivity index is 1.52. The second kappa shape index (κ2) is 7.95. The van der Waals surface area contributed by atoms with Gasteiger partial charge in [0.05, 0.1) is 34.1 Å². The molecule has 4 heterocycles. The average molecular weight is 505 g/mol. The number of aryl methyl sites for hydroxylation is 1. The lowest BCUT2D eigenvalue weighted by Crippen LogP contribution is -2.50. The predicted molar refractivity (Wildman–Crippen MR) is 145 cm³/mol. The summed E-state index contributed by atoms with van der Waals surface area (Å²) >= 11 is 0. The van der Waals surface area contributed by atoms with Crippen molar-refractivity contribution >= 4 is 28.4 Å². The van der Waals surface area contributed by atoms with E-state index in [1.54, 1.807) is 10.6 Å². The quantitative estimate of drug-likeness (QED) is 0.425. The van der Waals surface area contributed by atoms with Crippen LogP contribution in [0.15, 0.2) is 77.6 Å². The van der Waals surface area contributed by atoms with Crippen LogP contribution in [0, 0.1) is 24.7 Å². The number of aromatic nitrogens is 2. The first-order valence-electron chi connectivity index (χ1n) is 13.2. The van der Waals surface area contributed by atoms with E-state index in [4.69, 9.17) is 4.98 Å². The normalized spacial score (nSPS) is 25.5. The standard InChI is InChI=1S/C31H28N4O3/c1-17(2)16-23-25-26(29(38)34(28(25)37)19-14-12-18(3)13-15-19)31(33-23)21-9-5-7-11-24(21)35-27(36)20-8-4-6-10-22(20)32-30(31)35/h4-15,17,23,25-26,33H,16H2,1-3H3. The van der Waals surface area contributed by atoms with Gasteiger partial charge in [-0.1, -0.05) is 61.9 Å². The van der Waals surface area contributed by atoms with Gasteiger partial charge < -0.3 is 0 Å². The molecule has 38 heavy (non-hydrogen) atoms. The van der Waals surface area contributed by atoms with Crippen LogP contribution in [0.5, 0.6) is 0 Å². The molecule has 4 atom stereocenters. The van der Waals surface area contributed by atoms with Crippen LogP contribution < -0.4 is 15.8 Å². The highest BCUT2D eigenvalue weighted by molar-refractivity contribution is 6.23. The van der Waals surface area contributed by atoms with Gasteiger partial charge in [-0.2, -0.15) is 0 Å². The molecule has 2 fully saturated rings. The summed E-state index contributed by atoms with van der Waals surface area (Å²) in [6.07, 6.45) is 0.712. The lowest BCUT2D eigenvalue weighted by Gasteiger charge is -2.32. The summed E-state index contributed by atoms with van der Waals surface area (Å²) in [6.45, 7) is 6.21. The van der Waals surface area contributed by atoms with Crippen molar-refractivity contribution in [3.05, 3.63) is 100 Å². The molecule has 2 saturated heterocycles. The molecule has 7 rings (SSSR count). The first-order valence-corrected chi connectivity index (χ1v) is 13.2. The van der Waals surface area contributed by atoms with Crippen LogP contribution in [0.2, 0.25) is 0 Å². The zero-order valence-electron chi connectivity index (χ0n) is 21.5. The first-order chi connectivity index (χ1) is 18.3. The minimum Gasteiger partial charge on any atom is -0.297 e. The summed E-state index contributed by atoms with van der Waals surface area (Å²) in [7, 11) is 0. The maximum absolute atomic E-state index is 14.4. The Kier molecular flexibility index (Phi) is 4.82. The van der Waals surface area contributed by atoms with Gasteiger partial charge in [-0.25, -0.2) is 9.88 Å². The largest absolute Gasteiger partial charge is 0.297 e. The van der Waals surface area contributed by atoms with Gasteiger partial charge in [-0.15, -0.1) is 0 Å². The molecule has 0 aliphatic carbocycles. The number of nitrogens with one attached hydrogen (secondary N) is 1. The fraction of sp³-hybridized carbons (Fsp3) is 0.290. The van der Waals surface area contributed by atoms with E-state index in [1.807, 2.05) is 73.7 Å². The van der Waals surface area contributed by atoms with Gasteiger partial charge in [-0.05, 0) is 49.6 Å². The minimum absolute atomic E-state index is 0.173. The van der Waals surface area contributed by atoms with Crippen LogP contribution in [0.25, 0.3) is 16.6 Å². The summed E-state index contributed by atoms with van der Waals surface area (Å²) < 4.78 is 1.64. The number of nitrogens with zero attached hydrogens (tertiary/aromatic N) is 3. The number of carbonyl (C=O) groups is 2. The maximum Gasteiger partial charge on any atom is 0.266 e. The number of benzene rings is 3. The van der Waals surface area contributed by atoms with E-state index in [-0.39, 0.29) is 23.4 Å². The predicted octanol–water partition coefficient (Wildman–Crippen LogP) is 4.07. The molecule has 3 aliphatic heterocycles. The van der Waals surface area contributed by atoms with Crippen molar-refractivity contribution in [2.24, 2.45) is 17.8 Å². The van der Waals surface area contributed by atoms with Crippen molar-refractivity contribution in [2.75, 3.05) is 4.90 Å². The van der Waals surface area contributed by atoms with Crippen molar-refractivity contribution in [3.8, 4) is 5.69 Å². The van der Waals surface area contributed by atoms with Gasteiger partial charge >= 0.3 is 0 Å². The Hall–Kier alpha value is -4.10. The van der Waals surface area contributed by atoms with Gasteiger partial charge in [-0.3, -0.25) is 24.3 Å². The van der Waals surface area contributed by atoms with Crippen molar-refractivity contribution in [1.29, 1.82) is 0 Å². The monoisotopic (exact) mass is 504 g/mol. The summed E-state index contributed by atoms with van der Waals surface area (Å²) in [6, 6.07) is 22.2. The highest BCUT2D eigenvalue weighted by Crippen LogP contribution is 2.56. The zero-order valence-corrected chi connectivity index (χ0v) is 21.5. The number of rotatable bonds is 3. The summed E-state index contributed by atoms with van der Waals surface area (Å²) in [5.41, 5.74) is 2.45. The lowest BCUT2D eigenvalue weighted by molar-refractivity contribution is -0.123. The average Bonchev–Trinajstić information content (AvgIpc) is 3.48. The van der Waals surface area contributed by atoms with Crippen molar-refractivity contribution in [3.63, 3.8) is 0 Å². The topological polar surface area (TPSA) is 84.3 Å². The lowest BCUT2D eigenvalue weighted by atomic mass is 9.75. The summed E-state index contributed by atoms with van der Waals surface area (Å²) in [4.78, 5) is 48.7. The van der Waals surface area contributed by atoms with E-state index in [0.29, 0.717) is 40.4 Å². The van der Waals surface area contributed by atoms with Gasteiger partial charge in [0.15, 0.2) is 0 Å². The number of fused-ring (bicyclic) bond motifs is 8. The molecule has 1 N–H and O–H groups in total. The molecule has 1 spiro atoms. The van der Waals surface area contributed by atoms with Gasteiger partial charge in [0.25, 0.3) is 5.56 Å². The van der Waals surface area contributed by atoms with Crippen molar-refractivity contribution in [1.82, 2.24) is 14.9 Å². The van der Waals surface area contributed by atoms with Crippen LogP contribution in [-0.2, 0) is 15.1 Å². The zero-order chi connectivity index (χ0) is 26.3. The molecule has 4 unspecified atom stereocenters. The number of imide groups is 1. The number of hydrogen-bond acceptors (Lipinski definition) is 5. The molecule has 3 aromatic carbocycles. The van der Waals surface area contributed by atoms with Crippen molar-refractivity contribution < 1.29 is 9.59 Å². The van der Waals surface area contributed by atoms with E-state index in [2.05, 4.69) is 19.2 Å². The van der Waals surface area contributed by atoms with Crippen LogP contribution in [-0.4, -0.2) is 27.4 Å². The first kappa shape index (κ1) is 23.0. The molecule has 1 aromatic heterocycles. The maximum atomic E-state index is 14.4. The van der Waals surface area contributed by atoms with Gasteiger partial charge in [0.1, 0.15) is 11.4 Å². The molecule has 0 saturated carbocycles. The third-order valence-corrected chi connectivity index (χ3v) is 8.38. The molecule has 2 amide bonds. The Morgan fingerprint density at radius 1 is 0.921 bits per heavy atom. The van der Waals surface area contributed by atoms with E-state index in [0.717, 1.165) is 11.1 Å². The molecular weight excluding hydrogens is 476 g/mol. The van der Waals surface area contributed by atoms with E-state index in [1.165, 1.54) is 4.90 Å². The molecule has 190 valence electrons. The molecular formula is C31H28N4O3. The third-order valence-electron chi connectivity index (χ3n) is 8.38. The van der Waals surface area contributed by atoms with Crippen LogP contribution in [0.3, 0.4) is 0 Å². The minimum atomic E-state index is -1.10. The van der Waals surface area contributed by atoms with Crippen LogP contribution >= 0.6 is 0 Å². The highest BCUT2D eigenvalue weighted by atomic mass is 16.2. The Morgan fingerprint density at radius 2 is 1.63 bits per heavy atom. The number of hydrogen-bond donors (Lipinski definition) is 1. The molecule has 7 nitrogen and oxygen atoms in total. The number of amides is 2. The molecule has 0 bridgehead atoms.